The van der Waals surface area contributed by atoms with Crippen molar-refractivity contribution >= 4 is 21.7 Å². The van der Waals surface area contributed by atoms with E-state index in [0.717, 1.165) is 9.87 Å². The van der Waals surface area contributed by atoms with Crippen molar-refractivity contribution in [1.29, 1.82) is 0 Å². The number of ether oxygens (including phenoxy) is 2. The van der Waals surface area contributed by atoms with Crippen LogP contribution in [0, 0.1) is 17.0 Å². The van der Waals surface area contributed by atoms with Crippen LogP contribution in [0.15, 0.2) is 77.7 Å². The largest absolute Gasteiger partial charge is 0.497 e. The molecule has 1 aliphatic rings. The number of fused-ring (bicyclic) bond motifs is 1. The van der Waals surface area contributed by atoms with E-state index in [1.807, 2.05) is 6.92 Å². The Kier molecular flexibility index (Phi) is 7.49. The molecule has 0 saturated heterocycles. The van der Waals surface area contributed by atoms with E-state index in [4.69, 9.17) is 9.47 Å². The molecule has 0 aromatic heterocycles. The Morgan fingerprint density at radius 1 is 1.03 bits per heavy atom. The van der Waals surface area contributed by atoms with Gasteiger partial charge in [-0.1, -0.05) is 48.0 Å². The molecule has 0 unspecified atom stereocenters. The van der Waals surface area contributed by atoms with Gasteiger partial charge < -0.3 is 9.47 Å². The van der Waals surface area contributed by atoms with Crippen molar-refractivity contribution < 1.29 is 27.6 Å². The fourth-order valence-electron chi connectivity index (χ4n) is 4.82. The predicted octanol–water partition coefficient (Wildman–Crippen LogP) is 4.64. The first-order valence-electron chi connectivity index (χ1n) is 11.8. The third-order valence-corrected chi connectivity index (χ3v) is 8.34. The van der Waals surface area contributed by atoms with E-state index in [2.05, 4.69) is 0 Å². The molecule has 0 fully saturated rings. The van der Waals surface area contributed by atoms with Crippen LogP contribution in [0.2, 0.25) is 0 Å². The van der Waals surface area contributed by atoms with Crippen LogP contribution in [0.4, 0.5) is 5.69 Å². The van der Waals surface area contributed by atoms with Crippen molar-refractivity contribution in [3.05, 3.63) is 99.6 Å². The van der Waals surface area contributed by atoms with Gasteiger partial charge >= 0.3 is 5.97 Å². The minimum Gasteiger partial charge on any atom is -0.497 e. The highest BCUT2D eigenvalue weighted by Gasteiger charge is 2.53. The standard InChI is InChI=1S/C27H28N2O7S/c1-4-36-25(30)17-23-22-7-5-6-8-24(22)28(37(33,34)21-15-9-18(2)10-16-21)26(27(23)29(31)32)19-11-13-20(35-3)14-12-19/h5-16,23,26-27H,4,17H2,1-3H3/t23-,26-,27+/m1/s1. The molecule has 0 bridgehead atoms. The minimum atomic E-state index is -4.25. The molecule has 0 radical (unpaired) electrons. The van der Waals surface area contributed by atoms with E-state index in [1.54, 1.807) is 67.6 Å². The zero-order valence-electron chi connectivity index (χ0n) is 20.7. The van der Waals surface area contributed by atoms with Crippen LogP contribution in [-0.2, 0) is 19.6 Å². The second kappa shape index (κ2) is 10.6. The maximum Gasteiger partial charge on any atom is 0.306 e. The number of benzene rings is 3. The zero-order valence-corrected chi connectivity index (χ0v) is 21.6. The number of sulfonamides is 1. The average Bonchev–Trinajstić information content (AvgIpc) is 2.88. The molecule has 0 aliphatic carbocycles. The summed E-state index contributed by atoms with van der Waals surface area (Å²) < 4.78 is 39.8. The summed E-state index contributed by atoms with van der Waals surface area (Å²) in [5, 5.41) is 12.7. The molecule has 3 aromatic rings. The number of carbonyl (C=O) groups excluding carboxylic acids is 1. The van der Waals surface area contributed by atoms with Gasteiger partial charge in [0.1, 0.15) is 11.8 Å². The highest BCUT2D eigenvalue weighted by atomic mass is 32.2. The highest BCUT2D eigenvalue weighted by molar-refractivity contribution is 7.92. The summed E-state index contributed by atoms with van der Waals surface area (Å²) in [4.78, 5) is 24.8. The molecule has 0 saturated carbocycles. The van der Waals surface area contributed by atoms with Crippen molar-refractivity contribution in [3.8, 4) is 5.75 Å². The molecule has 0 spiro atoms. The van der Waals surface area contributed by atoms with Crippen LogP contribution in [0.1, 0.15) is 42.0 Å². The van der Waals surface area contributed by atoms with Gasteiger partial charge in [-0.3, -0.25) is 19.2 Å². The number of hydrogen-bond donors (Lipinski definition) is 0. The predicted molar refractivity (Wildman–Crippen MR) is 138 cm³/mol. The summed E-state index contributed by atoms with van der Waals surface area (Å²) in [7, 11) is -2.76. The van der Waals surface area contributed by atoms with Crippen molar-refractivity contribution in [2.24, 2.45) is 0 Å². The second-order valence-electron chi connectivity index (χ2n) is 8.78. The van der Waals surface area contributed by atoms with Crippen molar-refractivity contribution in [1.82, 2.24) is 0 Å². The lowest BCUT2D eigenvalue weighted by molar-refractivity contribution is -0.531. The third kappa shape index (κ3) is 5.01. The molecule has 0 N–H and O–H groups in total. The van der Waals surface area contributed by atoms with Crippen LogP contribution < -0.4 is 9.04 Å². The zero-order chi connectivity index (χ0) is 26.7. The lowest BCUT2D eigenvalue weighted by atomic mass is 9.78. The monoisotopic (exact) mass is 524 g/mol. The Balaban J connectivity index is 1.99. The number of anilines is 1. The number of para-hydroxylation sites is 1. The first kappa shape index (κ1) is 26.2. The molecule has 37 heavy (non-hydrogen) atoms. The molecular formula is C27H28N2O7S. The van der Waals surface area contributed by atoms with E-state index in [-0.39, 0.29) is 23.6 Å². The Morgan fingerprint density at radius 2 is 1.68 bits per heavy atom. The maximum absolute atomic E-state index is 14.2. The number of aryl methyl sites for hydroxylation is 1. The number of nitrogens with zero attached hydrogens (tertiary/aromatic N) is 2. The van der Waals surface area contributed by atoms with E-state index in [9.17, 15) is 23.3 Å². The number of nitro groups is 1. The molecule has 3 atom stereocenters. The summed E-state index contributed by atoms with van der Waals surface area (Å²) in [6.45, 7) is 3.63. The molecule has 194 valence electrons. The summed E-state index contributed by atoms with van der Waals surface area (Å²) in [5.41, 5.74) is 1.97. The molecule has 4 rings (SSSR count). The van der Waals surface area contributed by atoms with Crippen LogP contribution in [0.3, 0.4) is 0 Å². The lowest BCUT2D eigenvalue weighted by Crippen LogP contribution is -2.50. The first-order valence-corrected chi connectivity index (χ1v) is 13.3. The highest BCUT2D eigenvalue weighted by Crippen LogP contribution is 2.50. The first-order chi connectivity index (χ1) is 17.7. The van der Waals surface area contributed by atoms with Crippen molar-refractivity contribution in [3.63, 3.8) is 0 Å². The summed E-state index contributed by atoms with van der Waals surface area (Å²) >= 11 is 0. The fourth-order valence-corrected chi connectivity index (χ4v) is 6.50. The maximum atomic E-state index is 14.2. The summed E-state index contributed by atoms with van der Waals surface area (Å²) in [5.74, 6) is -0.979. The molecule has 9 nitrogen and oxygen atoms in total. The molecular weight excluding hydrogens is 496 g/mol. The van der Waals surface area contributed by atoms with Gasteiger partial charge in [-0.2, -0.15) is 0 Å². The molecule has 1 heterocycles. The second-order valence-corrected chi connectivity index (χ2v) is 10.6. The Hall–Kier alpha value is -3.92. The van der Waals surface area contributed by atoms with Crippen LogP contribution in [0.25, 0.3) is 0 Å². The van der Waals surface area contributed by atoms with Crippen molar-refractivity contribution in [2.45, 2.75) is 43.2 Å². The number of hydrogen-bond acceptors (Lipinski definition) is 7. The SMILES string of the molecule is CCOC(=O)C[C@@H]1c2ccccc2N(S(=O)(=O)c2ccc(C)cc2)[C@H](c2ccc(OC)cc2)[C@H]1[N+](=O)[O-]. The minimum absolute atomic E-state index is 0.0114. The van der Waals surface area contributed by atoms with Crippen LogP contribution in [-0.4, -0.2) is 39.1 Å². The van der Waals surface area contributed by atoms with E-state index < -0.39 is 38.9 Å². The summed E-state index contributed by atoms with van der Waals surface area (Å²) in [6, 6.07) is 16.7. The Bertz CT molecular complexity index is 1390. The topological polar surface area (TPSA) is 116 Å². The van der Waals surface area contributed by atoms with Gasteiger partial charge in [-0.15, -0.1) is 0 Å². The van der Waals surface area contributed by atoms with E-state index >= 15 is 0 Å². The van der Waals surface area contributed by atoms with Gasteiger partial charge in [0.25, 0.3) is 10.0 Å². The van der Waals surface area contributed by atoms with Gasteiger partial charge in [0.05, 0.1) is 36.6 Å². The van der Waals surface area contributed by atoms with Crippen molar-refractivity contribution in [2.75, 3.05) is 18.0 Å². The number of rotatable bonds is 8. The molecule has 10 heteroatoms. The normalized spacial score (nSPS) is 19.1. The number of carbonyl (C=O) groups is 1. The Morgan fingerprint density at radius 3 is 2.27 bits per heavy atom. The van der Waals surface area contributed by atoms with Gasteiger partial charge in [0.15, 0.2) is 0 Å². The van der Waals surface area contributed by atoms with Gasteiger partial charge in [0, 0.05) is 4.92 Å². The third-order valence-electron chi connectivity index (χ3n) is 6.53. The smallest absolute Gasteiger partial charge is 0.306 e. The van der Waals surface area contributed by atoms with Crippen LogP contribution in [0.5, 0.6) is 5.75 Å². The van der Waals surface area contributed by atoms with Crippen LogP contribution >= 0.6 is 0 Å². The fraction of sp³-hybridized carbons (Fsp3) is 0.296. The van der Waals surface area contributed by atoms with Gasteiger partial charge in [-0.05, 0) is 55.3 Å². The van der Waals surface area contributed by atoms with Gasteiger partial charge in [0.2, 0.25) is 6.04 Å². The Labute approximate surface area is 215 Å². The van der Waals surface area contributed by atoms with E-state index in [0.29, 0.717) is 16.9 Å². The molecule has 3 aromatic carbocycles. The average molecular weight is 525 g/mol. The van der Waals surface area contributed by atoms with Gasteiger partial charge in [-0.25, -0.2) is 8.42 Å². The number of esters is 1. The van der Waals surface area contributed by atoms with E-state index in [1.165, 1.54) is 19.2 Å². The molecule has 0 amide bonds. The summed E-state index contributed by atoms with van der Waals surface area (Å²) in [6.07, 6.45) is -0.262. The lowest BCUT2D eigenvalue weighted by Gasteiger charge is -2.42. The molecule has 1 aliphatic heterocycles. The number of methoxy groups -OCH3 is 1. The quantitative estimate of drug-likeness (QED) is 0.239.